The Morgan fingerprint density at radius 3 is 3.05 bits per heavy atom. The van der Waals surface area contributed by atoms with Crippen LogP contribution in [0.2, 0.25) is 0 Å². The first kappa shape index (κ1) is 14.9. The third kappa shape index (κ3) is 3.41. The van der Waals surface area contributed by atoms with Gasteiger partial charge in [-0.1, -0.05) is 6.92 Å². The molecule has 1 amide bonds. The van der Waals surface area contributed by atoms with E-state index in [1.165, 1.54) is 28.3 Å². The molecule has 7 heteroatoms. The molecule has 0 radical (unpaired) electrons. The maximum Gasteiger partial charge on any atom is 0.231 e. The summed E-state index contributed by atoms with van der Waals surface area (Å²) in [6.45, 7) is 4.21. The standard InChI is InChI=1S/C14H17N3OS3/c1-7-3-4-9-11(5-7)20-13(16-9)17-12(18)6-10-8(2)15-14(19)21-10/h7H,3-6H2,1-2H3,(H,15,19)(H,16,17,18). The second-order valence-corrected chi connectivity index (χ2v) is 8.38. The van der Waals surface area contributed by atoms with E-state index >= 15 is 0 Å². The van der Waals surface area contributed by atoms with Crippen LogP contribution in [0.25, 0.3) is 0 Å². The fourth-order valence-electron chi connectivity index (χ4n) is 2.51. The number of rotatable bonds is 3. The molecule has 21 heavy (non-hydrogen) atoms. The van der Waals surface area contributed by atoms with Gasteiger partial charge in [-0.2, -0.15) is 0 Å². The molecule has 0 fully saturated rings. The van der Waals surface area contributed by atoms with E-state index in [0.717, 1.165) is 34.5 Å². The van der Waals surface area contributed by atoms with Crippen LogP contribution in [-0.2, 0) is 24.1 Å². The summed E-state index contributed by atoms with van der Waals surface area (Å²) in [6.07, 6.45) is 3.66. The average molecular weight is 340 g/mol. The van der Waals surface area contributed by atoms with Gasteiger partial charge in [0.2, 0.25) is 5.91 Å². The van der Waals surface area contributed by atoms with Crippen LogP contribution in [0.15, 0.2) is 0 Å². The van der Waals surface area contributed by atoms with Gasteiger partial charge in [0.05, 0.1) is 12.1 Å². The van der Waals surface area contributed by atoms with Crippen LogP contribution >= 0.6 is 34.9 Å². The molecule has 2 aromatic heterocycles. The molecule has 0 saturated carbocycles. The van der Waals surface area contributed by atoms with Crippen LogP contribution in [0.5, 0.6) is 0 Å². The van der Waals surface area contributed by atoms with Crippen molar-refractivity contribution in [3.8, 4) is 0 Å². The van der Waals surface area contributed by atoms with E-state index in [1.807, 2.05) is 6.92 Å². The first-order valence-electron chi connectivity index (χ1n) is 6.98. The number of amides is 1. The van der Waals surface area contributed by atoms with Crippen molar-refractivity contribution in [2.24, 2.45) is 5.92 Å². The number of fused-ring (bicyclic) bond motifs is 1. The Morgan fingerprint density at radius 1 is 1.52 bits per heavy atom. The molecular formula is C14H17N3OS3. The Kier molecular flexibility index (Phi) is 4.24. The maximum absolute atomic E-state index is 12.1. The number of aromatic nitrogens is 2. The van der Waals surface area contributed by atoms with E-state index in [4.69, 9.17) is 12.2 Å². The summed E-state index contributed by atoms with van der Waals surface area (Å²) in [7, 11) is 0. The number of carbonyl (C=O) groups is 1. The molecule has 1 unspecified atom stereocenters. The molecule has 0 aromatic carbocycles. The van der Waals surface area contributed by atoms with Crippen molar-refractivity contribution in [3.05, 3.63) is 25.1 Å². The molecule has 3 rings (SSSR count). The fourth-order valence-corrected chi connectivity index (χ4v) is 4.99. The lowest BCUT2D eigenvalue weighted by atomic mass is 9.93. The van der Waals surface area contributed by atoms with Crippen LogP contribution in [0.1, 0.15) is 34.5 Å². The van der Waals surface area contributed by atoms with Crippen LogP contribution in [0.4, 0.5) is 5.13 Å². The normalized spacial score (nSPS) is 17.5. The molecular weight excluding hydrogens is 322 g/mol. The number of nitrogens with one attached hydrogen (secondary N) is 2. The summed E-state index contributed by atoms with van der Waals surface area (Å²) in [5, 5.41) is 3.66. The van der Waals surface area contributed by atoms with Gasteiger partial charge in [0.1, 0.15) is 0 Å². The van der Waals surface area contributed by atoms with Crippen LogP contribution in [0, 0.1) is 16.8 Å². The summed E-state index contributed by atoms with van der Waals surface area (Å²) in [5.41, 5.74) is 2.15. The molecule has 1 aliphatic carbocycles. The lowest BCUT2D eigenvalue weighted by Crippen LogP contribution is -2.14. The first-order chi connectivity index (χ1) is 10.0. The molecule has 0 bridgehead atoms. The van der Waals surface area contributed by atoms with E-state index in [-0.39, 0.29) is 5.91 Å². The minimum atomic E-state index is -0.0255. The Morgan fingerprint density at radius 2 is 2.33 bits per heavy atom. The van der Waals surface area contributed by atoms with Crippen molar-refractivity contribution in [2.75, 3.05) is 5.32 Å². The Bertz CT molecular complexity index is 728. The van der Waals surface area contributed by atoms with E-state index in [0.29, 0.717) is 10.4 Å². The number of hydrogen-bond acceptors (Lipinski definition) is 5. The molecule has 4 nitrogen and oxygen atoms in total. The van der Waals surface area contributed by atoms with E-state index < -0.39 is 0 Å². The molecule has 0 saturated heterocycles. The average Bonchev–Trinajstić information content (AvgIpc) is 2.91. The van der Waals surface area contributed by atoms with Gasteiger partial charge < -0.3 is 10.3 Å². The largest absolute Gasteiger partial charge is 0.341 e. The highest BCUT2D eigenvalue weighted by molar-refractivity contribution is 7.73. The van der Waals surface area contributed by atoms with Gasteiger partial charge in [0.15, 0.2) is 9.09 Å². The number of aryl methyl sites for hydroxylation is 2. The van der Waals surface area contributed by atoms with Gasteiger partial charge >= 0.3 is 0 Å². The van der Waals surface area contributed by atoms with E-state index in [2.05, 4.69) is 22.2 Å². The smallest absolute Gasteiger partial charge is 0.231 e. The van der Waals surface area contributed by atoms with Crippen LogP contribution < -0.4 is 5.32 Å². The van der Waals surface area contributed by atoms with Crippen molar-refractivity contribution < 1.29 is 4.79 Å². The van der Waals surface area contributed by atoms with Gasteiger partial charge in [-0.25, -0.2) is 4.98 Å². The zero-order valence-electron chi connectivity index (χ0n) is 12.0. The topological polar surface area (TPSA) is 57.8 Å². The lowest BCUT2D eigenvalue weighted by molar-refractivity contribution is -0.115. The zero-order valence-corrected chi connectivity index (χ0v) is 14.4. The third-order valence-corrected chi connectivity index (χ3v) is 6.05. The van der Waals surface area contributed by atoms with Crippen molar-refractivity contribution in [3.63, 3.8) is 0 Å². The predicted octanol–water partition coefficient (Wildman–Crippen LogP) is 3.88. The van der Waals surface area contributed by atoms with Crippen LogP contribution in [-0.4, -0.2) is 15.9 Å². The summed E-state index contributed by atoms with van der Waals surface area (Å²) >= 11 is 8.18. The van der Waals surface area contributed by atoms with Gasteiger partial charge in [-0.05, 0) is 44.3 Å². The van der Waals surface area contributed by atoms with Crippen molar-refractivity contribution in [1.82, 2.24) is 9.97 Å². The second-order valence-electron chi connectivity index (χ2n) is 5.52. The number of thiazole rings is 2. The van der Waals surface area contributed by atoms with Crippen LogP contribution in [0.3, 0.4) is 0 Å². The number of carbonyl (C=O) groups excluding carboxylic acids is 1. The lowest BCUT2D eigenvalue weighted by Gasteiger charge is -2.15. The highest BCUT2D eigenvalue weighted by Gasteiger charge is 2.20. The number of H-pyrrole nitrogens is 1. The number of hydrogen-bond donors (Lipinski definition) is 2. The molecule has 0 aliphatic heterocycles. The summed E-state index contributed by atoms with van der Waals surface area (Å²) in [4.78, 5) is 22.1. The van der Waals surface area contributed by atoms with Gasteiger partial charge in [-0.15, -0.1) is 22.7 Å². The van der Waals surface area contributed by atoms with Crippen molar-refractivity contribution in [2.45, 2.75) is 39.5 Å². The first-order valence-corrected chi connectivity index (χ1v) is 9.02. The Hall–Kier alpha value is -1.05. The molecule has 1 aliphatic rings. The van der Waals surface area contributed by atoms with Gasteiger partial charge in [0, 0.05) is 15.4 Å². The maximum atomic E-state index is 12.1. The minimum absolute atomic E-state index is 0.0255. The van der Waals surface area contributed by atoms with Gasteiger partial charge in [0.25, 0.3) is 0 Å². The number of aromatic amines is 1. The third-order valence-electron chi connectivity index (χ3n) is 3.68. The monoisotopic (exact) mass is 339 g/mol. The minimum Gasteiger partial charge on any atom is -0.341 e. The molecule has 2 aromatic rings. The Labute approximate surface area is 136 Å². The summed E-state index contributed by atoms with van der Waals surface area (Å²) in [5.74, 6) is 0.693. The zero-order chi connectivity index (χ0) is 15.0. The SMILES string of the molecule is Cc1[nH]c(=S)sc1CC(=O)Nc1nc2c(s1)CC(C)CC2. The van der Waals surface area contributed by atoms with Gasteiger partial charge in [-0.3, -0.25) is 4.79 Å². The molecule has 112 valence electrons. The summed E-state index contributed by atoms with van der Waals surface area (Å²) < 4.78 is 0.717. The summed E-state index contributed by atoms with van der Waals surface area (Å²) in [6, 6.07) is 0. The fraction of sp³-hybridized carbons (Fsp3) is 0.500. The molecule has 2 heterocycles. The second kappa shape index (κ2) is 5.98. The number of anilines is 1. The Balaban J connectivity index is 1.68. The van der Waals surface area contributed by atoms with Crippen molar-refractivity contribution >= 4 is 45.9 Å². The highest BCUT2D eigenvalue weighted by Crippen LogP contribution is 2.32. The molecule has 0 spiro atoms. The predicted molar refractivity (Wildman–Crippen MR) is 89.9 cm³/mol. The molecule has 1 atom stereocenters. The molecule has 2 N–H and O–H groups in total. The van der Waals surface area contributed by atoms with E-state index in [9.17, 15) is 4.79 Å². The number of nitrogens with zero attached hydrogens (tertiary/aromatic N) is 1. The quantitative estimate of drug-likeness (QED) is 0.835. The van der Waals surface area contributed by atoms with E-state index in [1.54, 1.807) is 11.3 Å². The highest BCUT2D eigenvalue weighted by atomic mass is 32.1. The van der Waals surface area contributed by atoms with Crippen molar-refractivity contribution in [1.29, 1.82) is 0 Å².